The van der Waals surface area contributed by atoms with Crippen LogP contribution in [0.1, 0.15) is 12.5 Å². The minimum absolute atomic E-state index is 0.238. The van der Waals surface area contributed by atoms with E-state index in [1.807, 2.05) is 67.6 Å². The summed E-state index contributed by atoms with van der Waals surface area (Å²) in [7, 11) is 2.75. The van der Waals surface area contributed by atoms with Gasteiger partial charge in [0.2, 0.25) is 0 Å². The van der Waals surface area contributed by atoms with E-state index in [1.54, 1.807) is 0 Å². The van der Waals surface area contributed by atoms with Crippen molar-refractivity contribution in [1.82, 2.24) is 4.90 Å². The smallest absolute Gasteiger partial charge is 0.261 e. The second kappa shape index (κ2) is 6.10. The maximum atomic E-state index is 12.7. The molecule has 0 spiro atoms. The van der Waals surface area contributed by atoms with Crippen molar-refractivity contribution >= 4 is 21.1 Å². The van der Waals surface area contributed by atoms with Gasteiger partial charge in [0, 0.05) is 11.2 Å². The van der Waals surface area contributed by atoms with Crippen molar-refractivity contribution in [2.24, 2.45) is 0 Å². The van der Waals surface area contributed by atoms with Gasteiger partial charge in [0.25, 0.3) is 11.8 Å². The van der Waals surface area contributed by atoms with Crippen LogP contribution >= 0.6 is 9.24 Å². The molecule has 0 saturated carbocycles. The molecule has 1 aliphatic carbocycles. The minimum Gasteiger partial charge on any atom is -0.270 e. The Labute approximate surface area is 138 Å². The second-order valence-corrected chi connectivity index (χ2v) is 7.20. The molecule has 2 unspecified atom stereocenters. The Bertz CT molecular complexity index is 770. The fourth-order valence-corrected chi connectivity index (χ4v) is 2.94. The highest BCUT2D eigenvalue weighted by atomic mass is 31.0. The number of nitrogens with zero attached hydrogens (tertiary/aromatic N) is 1. The second-order valence-electron chi connectivity index (χ2n) is 5.96. The summed E-state index contributed by atoms with van der Waals surface area (Å²) in [5.74, 6) is -0.497. The van der Waals surface area contributed by atoms with Crippen LogP contribution in [0.3, 0.4) is 0 Å². The van der Waals surface area contributed by atoms with Gasteiger partial charge in [-0.15, -0.1) is 9.24 Å². The number of hydrogen-bond acceptors (Lipinski definition) is 2. The van der Waals surface area contributed by atoms with Gasteiger partial charge in [-0.2, -0.15) is 0 Å². The Hall–Kier alpha value is -2.25. The molecule has 116 valence electrons. The molecule has 2 aliphatic rings. The molecule has 0 fully saturated rings. The van der Waals surface area contributed by atoms with Crippen molar-refractivity contribution in [2.75, 3.05) is 0 Å². The third-order valence-corrected chi connectivity index (χ3v) is 4.17. The molecule has 0 aromatic heterocycles. The van der Waals surface area contributed by atoms with E-state index in [1.165, 1.54) is 11.0 Å². The maximum Gasteiger partial charge on any atom is 0.261 e. The number of carbonyl (C=O) groups is 2. The predicted molar refractivity (Wildman–Crippen MR) is 94.6 cm³/mol. The average Bonchev–Trinajstić information content (AvgIpc) is 2.69. The first kappa shape index (κ1) is 15.6. The van der Waals surface area contributed by atoms with Crippen LogP contribution in [-0.2, 0) is 16.1 Å². The summed E-state index contributed by atoms with van der Waals surface area (Å²) >= 11 is 0. The first-order chi connectivity index (χ1) is 11.0. The van der Waals surface area contributed by atoms with Crippen LogP contribution in [0.5, 0.6) is 0 Å². The molecule has 3 nitrogen and oxygen atoms in total. The van der Waals surface area contributed by atoms with E-state index in [0.717, 1.165) is 11.1 Å². The topological polar surface area (TPSA) is 37.4 Å². The zero-order valence-electron chi connectivity index (χ0n) is 12.9. The number of imide groups is 1. The molecule has 2 amide bonds. The summed E-state index contributed by atoms with van der Waals surface area (Å²) in [6.45, 7) is 2.33. The summed E-state index contributed by atoms with van der Waals surface area (Å²) in [5.41, 5.74) is 2.17. The molecule has 1 aliphatic heterocycles. The number of carbonyl (C=O) groups excluding carboxylic acids is 2. The SMILES string of the molecule is CC1(P)C=CC=CC(C2=CC(=O)N(Cc3ccccc3)C2=O)=C1. The lowest BCUT2D eigenvalue weighted by atomic mass is 10.0. The van der Waals surface area contributed by atoms with Crippen LogP contribution < -0.4 is 0 Å². The Morgan fingerprint density at radius 1 is 1.13 bits per heavy atom. The van der Waals surface area contributed by atoms with Gasteiger partial charge in [-0.05, 0) is 18.1 Å². The van der Waals surface area contributed by atoms with Gasteiger partial charge >= 0.3 is 0 Å². The van der Waals surface area contributed by atoms with Crippen molar-refractivity contribution in [3.8, 4) is 0 Å². The van der Waals surface area contributed by atoms with E-state index in [2.05, 4.69) is 9.24 Å². The summed E-state index contributed by atoms with van der Waals surface area (Å²) in [6, 6.07) is 9.53. The van der Waals surface area contributed by atoms with E-state index in [4.69, 9.17) is 0 Å². The van der Waals surface area contributed by atoms with Crippen LogP contribution in [0, 0.1) is 0 Å². The van der Waals surface area contributed by atoms with Gasteiger partial charge in [0.1, 0.15) is 0 Å². The standard InChI is InChI=1S/C19H18NO2P/c1-19(23)10-6-5-9-15(12-19)16-11-17(21)20(18(16)22)13-14-7-3-2-4-8-14/h2-12H,13,23H2,1H3. The first-order valence-corrected chi connectivity index (χ1v) is 8.03. The quantitative estimate of drug-likeness (QED) is 0.633. The molecule has 0 N–H and O–H groups in total. The summed E-state index contributed by atoms with van der Waals surface area (Å²) in [4.78, 5) is 26.2. The molecule has 0 saturated heterocycles. The van der Waals surface area contributed by atoms with E-state index in [9.17, 15) is 9.59 Å². The highest BCUT2D eigenvalue weighted by Crippen LogP contribution is 2.31. The molecule has 3 rings (SSSR count). The van der Waals surface area contributed by atoms with Gasteiger partial charge in [0.05, 0.1) is 12.1 Å². The predicted octanol–water partition coefficient (Wildman–Crippen LogP) is 3.17. The fraction of sp³-hybridized carbons (Fsp3) is 0.158. The van der Waals surface area contributed by atoms with Crippen LogP contribution in [0.4, 0.5) is 0 Å². The lowest BCUT2D eigenvalue weighted by Gasteiger charge is -2.17. The van der Waals surface area contributed by atoms with E-state index in [0.29, 0.717) is 12.1 Å². The van der Waals surface area contributed by atoms with Crippen molar-refractivity contribution in [3.63, 3.8) is 0 Å². The van der Waals surface area contributed by atoms with Crippen molar-refractivity contribution in [1.29, 1.82) is 0 Å². The molecule has 4 heteroatoms. The molecule has 1 heterocycles. The molecular weight excluding hydrogens is 305 g/mol. The first-order valence-electron chi connectivity index (χ1n) is 7.46. The molecule has 23 heavy (non-hydrogen) atoms. The lowest BCUT2D eigenvalue weighted by molar-refractivity contribution is -0.137. The molecule has 0 radical (unpaired) electrons. The van der Waals surface area contributed by atoms with Gasteiger partial charge in [0.15, 0.2) is 0 Å². The molecule has 2 atom stereocenters. The van der Waals surface area contributed by atoms with Crippen molar-refractivity contribution in [2.45, 2.75) is 18.6 Å². The lowest BCUT2D eigenvalue weighted by Crippen LogP contribution is -2.30. The van der Waals surface area contributed by atoms with Crippen molar-refractivity contribution in [3.05, 3.63) is 83.5 Å². The third kappa shape index (κ3) is 3.40. The Balaban J connectivity index is 1.86. The normalized spacial score (nSPS) is 23.8. The number of rotatable bonds is 3. The van der Waals surface area contributed by atoms with E-state index < -0.39 is 0 Å². The van der Waals surface area contributed by atoms with E-state index >= 15 is 0 Å². The fourth-order valence-electron chi connectivity index (χ4n) is 2.65. The largest absolute Gasteiger partial charge is 0.270 e. The molecule has 1 aromatic rings. The van der Waals surface area contributed by atoms with Gasteiger partial charge in [-0.3, -0.25) is 14.5 Å². The zero-order chi connectivity index (χ0) is 16.4. The van der Waals surface area contributed by atoms with Gasteiger partial charge < -0.3 is 0 Å². The summed E-state index contributed by atoms with van der Waals surface area (Å²) in [5, 5.41) is -0.240. The van der Waals surface area contributed by atoms with Crippen molar-refractivity contribution < 1.29 is 9.59 Å². The monoisotopic (exact) mass is 323 g/mol. The Morgan fingerprint density at radius 2 is 1.87 bits per heavy atom. The zero-order valence-corrected chi connectivity index (χ0v) is 14.1. The highest BCUT2D eigenvalue weighted by Gasteiger charge is 2.33. The minimum atomic E-state index is -0.259. The average molecular weight is 323 g/mol. The number of hydrogen-bond donors (Lipinski definition) is 0. The van der Waals surface area contributed by atoms with E-state index in [-0.39, 0.29) is 17.0 Å². The highest BCUT2D eigenvalue weighted by molar-refractivity contribution is 7.19. The number of amides is 2. The summed E-state index contributed by atoms with van der Waals surface area (Å²) < 4.78 is 0. The van der Waals surface area contributed by atoms with Gasteiger partial charge in [-0.25, -0.2) is 0 Å². The Kier molecular flexibility index (Phi) is 4.14. The molecule has 0 bridgehead atoms. The molecular formula is C19H18NO2P. The number of benzene rings is 1. The summed E-state index contributed by atoms with van der Waals surface area (Å²) in [6.07, 6.45) is 11.2. The third-order valence-electron chi connectivity index (χ3n) is 3.81. The number of allylic oxidation sites excluding steroid dienone is 5. The van der Waals surface area contributed by atoms with Crippen LogP contribution in [0.25, 0.3) is 0 Å². The van der Waals surface area contributed by atoms with Crippen LogP contribution in [0.15, 0.2) is 77.9 Å². The van der Waals surface area contributed by atoms with Crippen LogP contribution in [0.2, 0.25) is 0 Å². The van der Waals surface area contributed by atoms with Crippen LogP contribution in [-0.4, -0.2) is 21.9 Å². The molecule has 1 aromatic carbocycles. The van der Waals surface area contributed by atoms with Gasteiger partial charge in [-0.1, -0.05) is 60.7 Å². The Morgan fingerprint density at radius 3 is 2.61 bits per heavy atom. The maximum absolute atomic E-state index is 12.7.